The summed E-state index contributed by atoms with van der Waals surface area (Å²) in [5.41, 5.74) is 1.36. The van der Waals surface area contributed by atoms with Crippen LogP contribution in [0.5, 0.6) is 17.2 Å². The van der Waals surface area contributed by atoms with Gasteiger partial charge in [0.2, 0.25) is 0 Å². The Balaban J connectivity index is 1.56. The maximum absolute atomic E-state index is 13.4. The number of ether oxygens (including phenoxy) is 3. The predicted molar refractivity (Wildman–Crippen MR) is 193 cm³/mol. The van der Waals surface area contributed by atoms with Crippen molar-refractivity contribution in [3.63, 3.8) is 0 Å². The van der Waals surface area contributed by atoms with E-state index in [2.05, 4.69) is 6.07 Å². The summed E-state index contributed by atoms with van der Waals surface area (Å²) in [6.07, 6.45) is -0.159. The topological polar surface area (TPSA) is 138 Å². The largest absolute Gasteiger partial charge is 0.497 e. The van der Waals surface area contributed by atoms with E-state index in [9.17, 15) is 22.1 Å². The van der Waals surface area contributed by atoms with Crippen LogP contribution >= 0.6 is 0 Å². The standard InChI is InChI=1S/C40H35NO9S2/c1-25-6-16-30(17-7-25)39(49-51(4,42)43)33-22-34-36(23-35(33)47-37(39)28-12-10-27(24-41)11-13-28)48-38(29-14-20-32(46-3)21-15-29)40(34,50-52(5,44)45)31-18-8-26(2)9-19-31/h6-23,37-38H,1-5H3. The molecule has 0 aliphatic carbocycles. The molecule has 0 amide bonds. The average molecular weight is 738 g/mol. The molecule has 0 spiro atoms. The molecule has 4 atom stereocenters. The molecule has 10 nitrogen and oxygen atoms in total. The number of benzene rings is 5. The Morgan fingerprint density at radius 1 is 0.615 bits per heavy atom. The van der Waals surface area contributed by atoms with Crippen LogP contribution in [0.2, 0.25) is 0 Å². The van der Waals surface area contributed by atoms with Gasteiger partial charge in [-0.05, 0) is 66.4 Å². The summed E-state index contributed by atoms with van der Waals surface area (Å²) in [5, 5.41) is 9.50. The van der Waals surface area contributed by atoms with E-state index in [1.165, 1.54) is 0 Å². The Bertz CT molecular complexity index is 2420. The van der Waals surface area contributed by atoms with Gasteiger partial charge in [0.25, 0.3) is 20.2 Å². The minimum Gasteiger partial charge on any atom is -0.497 e. The zero-order valence-electron chi connectivity index (χ0n) is 29.0. The van der Waals surface area contributed by atoms with Crippen molar-refractivity contribution >= 4 is 20.2 Å². The molecule has 7 rings (SSSR count). The predicted octanol–water partition coefficient (Wildman–Crippen LogP) is 6.89. The molecule has 2 aliphatic rings. The summed E-state index contributed by atoms with van der Waals surface area (Å²) in [7, 11) is -6.86. The first kappa shape index (κ1) is 35.2. The summed E-state index contributed by atoms with van der Waals surface area (Å²) >= 11 is 0. The van der Waals surface area contributed by atoms with Crippen LogP contribution in [0.3, 0.4) is 0 Å². The number of hydrogen-bond donors (Lipinski definition) is 0. The molecular weight excluding hydrogens is 703 g/mol. The molecule has 12 heteroatoms. The smallest absolute Gasteiger partial charge is 0.265 e. The van der Waals surface area contributed by atoms with Crippen molar-refractivity contribution in [3.8, 4) is 23.3 Å². The second kappa shape index (κ2) is 12.8. The highest BCUT2D eigenvalue weighted by atomic mass is 32.2. The van der Waals surface area contributed by atoms with Gasteiger partial charge in [-0.3, -0.25) is 0 Å². The maximum Gasteiger partial charge on any atom is 0.265 e. The van der Waals surface area contributed by atoms with Crippen LogP contribution in [0.15, 0.2) is 109 Å². The Hall–Kier alpha value is -5.19. The van der Waals surface area contributed by atoms with Crippen molar-refractivity contribution in [2.75, 3.05) is 19.6 Å². The third-order valence-electron chi connectivity index (χ3n) is 9.40. The molecule has 0 bridgehead atoms. The van der Waals surface area contributed by atoms with Crippen LogP contribution in [0.4, 0.5) is 0 Å². The summed E-state index contributed by atoms with van der Waals surface area (Å²) in [4.78, 5) is 0. The first-order chi connectivity index (χ1) is 24.7. The first-order valence-corrected chi connectivity index (χ1v) is 19.9. The van der Waals surface area contributed by atoms with Crippen molar-refractivity contribution in [1.82, 2.24) is 0 Å². The van der Waals surface area contributed by atoms with Gasteiger partial charge in [-0.25, -0.2) is 8.37 Å². The molecule has 4 unspecified atom stereocenters. The van der Waals surface area contributed by atoms with Gasteiger partial charge >= 0.3 is 0 Å². The normalized spacial score (nSPS) is 22.1. The van der Waals surface area contributed by atoms with E-state index in [4.69, 9.17) is 22.6 Å². The number of nitriles is 1. The summed E-state index contributed by atoms with van der Waals surface area (Å²) < 4.78 is 84.6. The molecule has 2 aliphatic heterocycles. The second-order valence-electron chi connectivity index (χ2n) is 13.1. The first-order valence-electron chi connectivity index (χ1n) is 16.3. The maximum atomic E-state index is 13.4. The zero-order chi connectivity index (χ0) is 37.1. The highest BCUT2D eigenvalue weighted by molar-refractivity contribution is 7.86. The lowest BCUT2D eigenvalue weighted by Gasteiger charge is -2.36. The fraction of sp³-hybridized carbons (Fsp3) is 0.225. The van der Waals surface area contributed by atoms with Crippen molar-refractivity contribution in [3.05, 3.63) is 159 Å². The van der Waals surface area contributed by atoms with E-state index in [0.29, 0.717) is 44.7 Å². The van der Waals surface area contributed by atoms with E-state index in [1.807, 2.05) is 38.1 Å². The molecule has 52 heavy (non-hydrogen) atoms. The van der Waals surface area contributed by atoms with Crippen molar-refractivity contribution in [1.29, 1.82) is 5.26 Å². The summed E-state index contributed by atoms with van der Waals surface area (Å²) in [6.45, 7) is 3.83. The van der Waals surface area contributed by atoms with Gasteiger partial charge < -0.3 is 14.2 Å². The molecule has 5 aromatic rings. The number of aryl methyl sites for hydroxylation is 2. The average Bonchev–Trinajstić information content (AvgIpc) is 3.59. The Kier molecular flexibility index (Phi) is 8.66. The third-order valence-corrected chi connectivity index (χ3v) is 10.5. The van der Waals surface area contributed by atoms with Gasteiger partial charge in [-0.1, -0.05) is 83.9 Å². The zero-order valence-corrected chi connectivity index (χ0v) is 30.6. The van der Waals surface area contributed by atoms with Gasteiger partial charge in [-0.2, -0.15) is 22.1 Å². The number of methoxy groups -OCH3 is 1. The summed E-state index contributed by atoms with van der Waals surface area (Å²) in [5.74, 6) is 1.11. The van der Waals surface area contributed by atoms with Crippen molar-refractivity contribution in [2.24, 2.45) is 0 Å². The van der Waals surface area contributed by atoms with Crippen LogP contribution < -0.4 is 14.2 Å². The van der Waals surface area contributed by atoms with Crippen LogP contribution in [0.25, 0.3) is 0 Å². The molecule has 0 fully saturated rings. The second-order valence-corrected chi connectivity index (χ2v) is 16.3. The molecule has 0 aromatic heterocycles. The lowest BCUT2D eigenvalue weighted by atomic mass is 9.76. The molecule has 2 heterocycles. The Morgan fingerprint density at radius 2 is 1.02 bits per heavy atom. The number of hydrogen-bond acceptors (Lipinski definition) is 10. The van der Waals surface area contributed by atoms with E-state index in [0.717, 1.165) is 23.6 Å². The molecule has 266 valence electrons. The number of nitrogens with zero attached hydrogens (tertiary/aromatic N) is 1. The van der Waals surface area contributed by atoms with Crippen molar-refractivity contribution in [2.45, 2.75) is 37.3 Å². The number of rotatable bonds is 9. The van der Waals surface area contributed by atoms with Gasteiger partial charge in [0.15, 0.2) is 23.4 Å². The monoisotopic (exact) mass is 737 g/mol. The van der Waals surface area contributed by atoms with E-state index < -0.39 is 43.6 Å². The molecule has 5 aromatic carbocycles. The fourth-order valence-corrected chi connectivity index (χ4v) is 8.62. The fourth-order valence-electron chi connectivity index (χ4n) is 7.12. The van der Waals surface area contributed by atoms with Gasteiger partial charge in [0, 0.05) is 17.2 Å². The van der Waals surface area contributed by atoms with Gasteiger partial charge in [-0.15, -0.1) is 0 Å². The lowest BCUT2D eigenvalue weighted by molar-refractivity contribution is 0.0165. The quantitative estimate of drug-likeness (QED) is 0.147. The van der Waals surface area contributed by atoms with Gasteiger partial charge in [0.05, 0.1) is 31.3 Å². The third kappa shape index (κ3) is 6.09. The minimum absolute atomic E-state index is 0.255. The van der Waals surface area contributed by atoms with E-state index in [-0.39, 0.29) is 11.5 Å². The molecule has 0 radical (unpaired) electrons. The van der Waals surface area contributed by atoms with Crippen LogP contribution in [-0.4, -0.2) is 36.5 Å². The molecule has 0 saturated carbocycles. The van der Waals surface area contributed by atoms with E-state index >= 15 is 0 Å². The number of fused-ring (bicyclic) bond motifs is 2. The molecular formula is C40H35NO9S2. The van der Waals surface area contributed by atoms with Crippen LogP contribution in [-0.2, 0) is 39.8 Å². The van der Waals surface area contributed by atoms with Gasteiger partial charge in [0.1, 0.15) is 17.2 Å². The summed E-state index contributed by atoms with van der Waals surface area (Å²) in [6, 6.07) is 33.6. The van der Waals surface area contributed by atoms with Crippen LogP contribution in [0, 0.1) is 25.2 Å². The lowest BCUT2D eigenvalue weighted by Crippen LogP contribution is -2.39. The van der Waals surface area contributed by atoms with E-state index in [1.54, 1.807) is 92.0 Å². The van der Waals surface area contributed by atoms with Crippen molar-refractivity contribution < 1.29 is 39.4 Å². The SMILES string of the molecule is COc1ccc(C2Oc3cc4c(cc3C2(OS(C)(=O)=O)c2ccc(C)cc2)C(OS(C)(=O)=O)(c2ccc(C)cc2)C(c2ccc(C#N)cc2)O4)cc1. The highest BCUT2D eigenvalue weighted by Crippen LogP contribution is 2.62. The minimum atomic E-state index is -4.21. The molecule has 0 N–H and O–H groups in total. The molecule has 0 saturated heterocycles. The highest BCUT2D eigenvalue weighted by Gasteiger charge is 2.60. The Labute approximate surface area is 303 Å². The van der Waals surface area contributed by atoms with Crippen LogP contribution in [0.1, 0.15) is 62.3 Å². The Morgan fingerprint density at radius 3 is 1.38 bits per heavy atom.